The van der Waals surface area contributed by atoms with Gasteiger partial charge in [0.1, 0.15) is 11.0 Å². The highest BCUT2D eigenvalue weighted by Crippen LogP contribution is 2.32. The molecule has 1 saturated heterocycles. The molecule has 3 heterocycles. The number of hydrogen-bond acceptors (Lipinski definition) is 5. The molecule has 2 aromatic heterocycles. The van der Waals surface area contributed by atoms with E-state index in [0.717, 1.165) is 11.3 Å². The van der Waals surface area contributed by atoms with Crippen molar-refractivity contribution in [3.63, 3.8) is 0 Å². The molecule has 19 heavy (non-hydrogen) atoms. The number of aliphatic hydroxyl groups is 2. The Morgan fingerprint density at radius 1 is 1.53 bits per heavy atom. The molecule has 7 heteroatoms. The molecule has 1 aliphatic heterocycles. The fraction of sp³-hybridized carbons (Fsp3) is 0.500. The highest BCUT2D eigenvalue weighted by Gasteiger charge is 2.35. The monoisotopic (exact) mass is 264 g/mol. The lowest BCUT2D eigenvalue weighted by Gasteiger charge is -2.15. The van der Waals surface area contributed by atoms with Crippen LogP contribution in [0.15, 0.2) is 11.1 Å². The van der Waals surface area contributed by atoms with E-state index in [0.29, 0.717) is 17.5 Å². The summed E-state index contributed by atoms with van der Waals surface area (Å²) in [4.78, 5) is 21.4. The van der Waals surface area contributed by atoms with Gasteiger partial charge in [-0.25, -0.2) is 4.98 Å². The van der Waals surface area contributed by atoms with E-state index in [-0.39, 0.29) is 24.2 Å². The first-order chi connectivity index (χ1) is 9.11. The van der Waals surface area contributed by atoms with E-state index in [1.54, 1.807) is 0 Å². The highest BCUT2D eigenvalue weighted by molar-refractivity contribution is 5.80. The number of fused-ring (bicyclic) bond motifs is 1. The van der Waals surface area contributed by atoms with Gasteiger partial charge in [0, 0.05) is 17.3 Å². The molecule has 0 saturated carbocycles. The second kappa shape index (κ2) is 4.44. The summed E-state index contributed by atoms with van der Waals surface area (Å²) in [5.41, 5.74) is 2.34. The molecule has 1 aliphatic rings. The SMILES string of the molecule is Cc1[nH]c2c(=O)[nH]cnc2c1C1N[C@H](CO)C[C@H]1O. The Morgan fingerprint density at radius 3 is 3.00 bits per heavy atom. The molecular formula is C12H16N4O3. The summed E-state index contributed by atoms with van der Waals surface area (Å²) in [6.45, 7) is 1.82. The van der Waals surface area contributed by atoms with Crippen LogP contribution in [-0.4, -0.2) is 43.9 Å². The largest absolute Gasteiger partial charge is 0.395 e. The van der Waals surface area contributed by atoms with E-state index >= 15 is 0 Å². The molecule has 0 amide bonds. The highest BCUT2D eigenvalue weighted by atomic mass is 16.3. The number of hydrogen-bond donors (Lipinski definition) is 5. The van der Waals surface area contributed by atoms with Gasteiger partial charge in [0.05, 0.1) is 25.1 Å². The maximum absolute atomic E-state index is 11.7. The topological polar surface area (TPSA) is 114 Å². The molecule has 7 nitrogen and oxygen atoms in total. The number of aromatic nitrogens is 3. The Kier molecular flexibility index (Phi) is 2.89. The van der Waals surface area contributed by atoms with E-state index in [1.165, 1.54) is 6.33 Å². The van der Waals surface area contributed by atoms with Crippen LogP contribution in [0.4, 0.5) is 0 Å². The molecule has 2 aromatic rings. The Bertz CT molecular complexity index is 663. The van der Waals surface area contributed by atoms with Gasteiger partial charge in [0.2, 0.25) is 0 Å². The summed E-state index contributed by atoms with van der Waals surface area (Å²) < 4.78 is 0. The lowest BCUT2D eigenvalue weighted by Crippen LogP contribution is -2.28. The van der Waals surface area contributed by atoms with Gasteiger partial charge in [-0.3, -0.25) is 4.79 Å². The molecular weight excluding hydrogens is 248 g/mol. The molecule has 0 bridgehead atoms. The molecule has 0 aliphatic carbocycles. The number of nitrogens with one attached hydrogen (secondary N) is 3. The predicted octanol–water partition coefficient (Wildman–Crippen LogP) is -0.684. The first-order valence-corrected chi connectivity index (χ1v) is 6.22. The fourth-order valence-electron chi connectivity index (χ4n) is 2.80. The van der Waals surface area contributed by atoms with E-state index in [1.807, 2.05) is 6.92 Å². The van der Waals surface area contributed by atoms with Crippen LogP contribution >= 0.6 is 0 Å². The van der Waals surface area contributed by atoms with Gasteiger partial charge in [-0.1, -0.05) is 0 Å². The molecule has 5 N–H and O–H groups in total. The zero-order valence-corrected chi connectivity index (χ0v) is 10.5. The van der Waals surface area contributed by atoms with Gasteiger partial charge in [-0.05, 0) is 13.3 Å². The van der Waals surface area contributed by atoms with E-state index in [2.05, 4.69) is 20.3 Å². The van der Waals surface area contributed by atoms with Crippen LogP contribution in [0.1, 0.15) is 23.7 Å². The smallest absolute Gasteiger partial charge is 0.275 e. The minimum Gasteiger partial charge on any atom is -0.395 e. The van der Waals surface area contributed by atoms with Gasteiger partial charge in [-0.2, -0.15) is 0 Å². The molecule has 0 spiro atoms. The van der Waals surface area contributed by atoms with Crippen molar-refractivity contribution in [3.8, 4) is 0 Å². The predicted molar refractivity (Wildman–Crippen MR) is 68.8 cm³/mol. The van der Waals surface area contributed by atoms with Gasteiger partial charge < -0.3 is 25.5 Å². The number of nitrogens with zero attached hydrogens (tertiary/aromatic N) is 1. The van der Waals surface area contributed by atoms with Crippen molar-refractivity contribution in [2.75, 3.05) is 6.61 Å². The number of aliphatic hydroxyl groups excluding tert-OH is 2. The van der Waals surface area contributed by atoms with Gasteiger partial charge >= 0.3 is 0 Å². The third kappa shape index (κ3) is 1.86. The van der Waals surface area contributed by atoms with E-state index < -0.39 is 6.10 Å². The van der Waals surface area contributed by atoms with Crippen molar-refractivity contribution in [1.82, 2.24) is 20.3 Å². The zero-order valence-electron chi connectivity index (χ0n) is 10.5. The quantitative estimate of drug-likeness (QED) is 0.493. The summed E-state index contributed by atoms with van der Waals surface area (Å²) >= 11 is 0. The Hall–Kier alpha value is -1.70. The standard InChI is InChI=1S/C12H16N4O3/c1-5-8(9-7(18)2-6(3-17)16-9)10-11(15-5)12(19)14-4-13-10/h4,6-7,9,15-18H,2-3H2,1H3,(H,13,14,19)/t6-,7+,9?/m0/s1. The molecule has 102 valence electrons. The Labute approximate surface area is 108 Å². The molecule has 3 atom stereocenters. The fourth-order valence-corrected chi connectivity index (χ4v) is 2.80. The van der Waals surface area contributed by atoms with Gasteiger partial charge in [-0.15, -0.1) is 0 Å². The third-order valence-electron chi connectivity index (χ3n) is 3.68. The minimum absolute atomic E-state index is 0.0248. The van der Waals surface area contributed by atoms with Crippen molar-refractivity contribution in [3.05, 3.63) is 27.9 Å². The van der Waals surface area contributed by atoms with Crippen LogP contribution in [0.3, 0.4) is 0 Å². The maximum Gasteiger partial charge on any atom is 0.275 e. The van der Waals surface area contributed by atoms with Crippen LogP contribution in [0.25, 0.3) is 11.0 Å². The summed E-state index contributed by atoms with van der Waals surface area (Å²) in [5.74, 6) is 0. The van der Waals surface area contributed by atoms with E-state index in [4.69, 9.17) is 0 Å². The van der Waals surface area contributed by atoms with Crippen molar-refractivity contribution in [2.24, 2.45) is 0 Å². The van der Waals surface area contributed by atoms with Gasteiger partial charge in [0.25, 0.3) is 5.56 Å². The van der Waals surface area contributed by atoms with Crippen LogP contribution in [-0.2, 0) is 0 Å². The van der Waals surface area contributed by atoms with E-state index in [9.17, 15) is 15.0 Å². The first-order valence-electron chi connectivity index (χ1n) is 6.22. The second-order valence-corrected chi connectivity index (χ2v) is 4.95. The van der Waals surface area contributed by atoms with Crippen molar-refractivity contribution in [2.45, 2.75) is 31.5 Å². The molecule has 3 rings (SSSR count). The third-order valence-corrected chi connectivity index (χ3v) is 3.68. The van der Waals surface area contributed by atoms with Crippen molar-refractivity contribution in [1.29, 1.82) is 0 Å². The lowest BCUT2D eigenvalue weighted by molar-refractivity contribution is 0.157. The molecule has 1 unspecified atom stereocenters. The number of aryl methyl sites for hydroxylation is 1. The second-order valence-electron chi connectivity index (χ2n) is 4.95. The maximum atomic E-state index is 11.7. The summed E-state index contributed by atoms with van der Waals surface area (Å²) in [7, 11) is 0. The molecule has 0 radical (unpaired) electrons. The zero-order chi connectivity index (χ0) is 13.6. The van der Waals surface area contributed by atoms with Crippen LogP contribution in [0.2, 0.25) is 0 Å². The molecule has 1 fully saturated rings. The number of rotatable bonds is 2. The first kappa shape index (κ1) is 12.3. The summed E-state index contributed by atoms with van der Waals surface area (Å²) in [6, 6.07) is -0.452. The average Bonchev–Trinajstić information content (AvgIpc) is 2.90. The normalized spacial score (nSPS) is 27.2. The number of H-pyrrole nitrogens is 2. The Morgan fingerprint density at radius 2 is 2.32 bits per heavy atom. The minimum atomic E-state index is -0.601. The average molecular weight is 264 g/mol. The van der Waals surface area contributed by atoms with Gasteiger partial charge in [0.15, 0.2) is 0 Å². The van der Waals surface area contributed by atoms with Crippen molar-refractivity contribution >= 4 is 11.0 Å². The number of aromatic amines is 2. The van der Waals surface area contributed by atoms with Crippen molar-refractivity contribution < 1.29 is 10.2 Å². The van der Waals surface area contributed by atoms with Crippen LogP contribution in [0.5, 0.6) is 0 Å². The molecule has 0 aromatic carbocycles. The summed E-state index contributed by atoms with van der Waals surface area (Å²) in [5, 5.41) is 22.5. The lowest BCUT2D eigenvalue weighted by atomic mass is 10.0. The van der Waals surface area contributed by atoms with Crippen LogP contribution < -0.4 is 10.9 Å². The summed E-state index contributed by atoms with van der Waals surface area (Å²) in [6.07, 6.45) is 1.24. The van der Waals surface area contributed by atoms with Crippen LogP contribution in [0, 0.1) is 6.92 Å². The Balaban J connectivity index is 2.13.